The van der Waals surface area contributed by atoms with Crippen molar-refractivity contribution < 1.29 is 23.9 Å². The topological polar surface area (TPSA) is 72.9 Å². The summed E-state index contributed by atoms with van der Waals surface area (Å²) in [5.74, 6) is -0.571. The first-order valence-corrected chi connectivity index (χ1v) is 11.3. The summed E-state index contributed by atoms with van der Waals surface area (Å²) in [6.07, 6.45) is 1.28. The van der Waals surface area contributed by atoms with Gasteiger partial charge in [0.1, 0.15) is 18.9 Å². The maximum atomic E-state index is 12.7. The molecular formula is C23H22BrNO5S. The zero-order chi connectivity index (χ0) is 22.5. The van der Waals surface area contributed by atoms with Crippen molar-refractivity contribution in [3.05, 3.63) is 68.5 Å². The number of carbonyl (C=O) groups excluding carboxylic acids is 3. The fraction of sp³-hybridized carbons (Fsp3) is 0.261. The highest BCUT2D eigenvalue weighted by Gasteiger charge is 2.37. The van der Waals surface area contributed by atoms with Crippen molar-refractivity contribution in [1.29, 1.82) is 0 Å². The summed E-state index contributed by atoms with van der Waals surface area (Å²) in [5.41, 5.74) is 2.83. The summed E-state index contributed by atoms with van der Waals surface area (Å²) >= 11 is 4.22. The molecule has 0 aliphatic carbocycles. The highest BCUT2D eigenvalue weighted by molar-refractivity contribution is 9.10. The number of esters is 1. The molecule has 1 aliphatic heterocycles. The SMILES string of the molecule is Cc1ccc(COc2ccc(Br)cc2/C=C2/SC(=O)N(CC(=O)OC(C)C)C2=O)cc1. The molecule has 2 aromatic carbocycles. The number of hydrogen-bond donors (Lipinski definition) is 0. The van der Waals surface area contributed by atoms with Crippen molar-refractivity contribution in [3.63, 3.8) is 0 Å². The van der Waals surface area contributed by atoms with E-state index in [1.165, 1.54) is 5.56 Å². The Labute approximate surface area is 193 Å². The van der Waals surface area contributed by atoms with E-state index in [0.29, 0.717) is 17.9 Å². The second-order valence-corrected chi connectivity index (χ2v) is 9.17. The number of halogens is 1. The lowest BCUT2D eigenvalue weighted by molar-refractivity contribution is -0.149. The Hall–Kier alpha value is -2.58. The van der Waals surface area contributed by atoms with Gasteiger partial charge in [0, 0.05) is 10.0 Å². The highest BCUT2D eigenvalue weighted by atomic mass is 79.9. The molecular weight excluding hydrogens is 482 g/mol. The molecule has 0 N–H and O–H groups in total. The Bertz CT molecular complexity index is 1030. The molecule has 0 saturated carbocycles. The van der Waals surface area contributed by atoms with Gasteiger partial charge in [-0.05, 0) is 62.4 Å². The Morgan fingerprint density at radius 3 is 2.55 bits per heavy atom. The Kier molecular flexibility index (Phi) is 7.56. The number of ether oxygens (including phenoxy) is 2. The van der Waals surface area contributed by atoms with Crippen LogP contribution in [0.25, 0.3) is 6.08 Å². The third-order valence-corrected chi connectivity index (χ3v) is 5.70. The van der Waals surface area contributed by atoms with Gasteiger partial charge in [0.2, 0.25) is 0 Å². The molecule has 0 unspecified atom stereocenters. The highest BCUT2D eigenvalue weighted by Crippen LogP contribution is 2.35. The molecule has 1 heterocycles. The van der Waals surface area contributed by atoms with E-state index < -0.39 is 23.7 Å². The number of aryl methyl sites for hydroxylation is 1. The van der Waals surface area contributed by atoms with Crippen LogP contribution in [0.5, 0.6) is 5.75 Å². The van der Waals surface area contributed by atoms with Crippen LogP contribution < -0.4 is 4.74 Å². The molecule has 31 heavy (non-hydrogen) atoms. The molecule has 2 amide bonds. The van der Waals surface area contributed by atoms with E-state index in [1.54, 1.807) is 26.0 Å². The van der Waals surface area contributed by atoms with E-state index in [1.807, 2.05) is 43.3 Å². The number of nitrogens with zero attached hydrogens (tertiary/aromatic N) is 1. The van der Waals surface area contributed by atoms with Crippen LogP contribution in [0.2, 0.25) is 0 Å². The first-order chi connectivity index (χ1) is 14.7. The van der Waals surface area contributed by atoms with Gasteiger partial charge in [-0.15, -0.1) is 0 Å². The molecule has 0 atom stereocenters. The van der Waals surface area contributed by atoms with Crippen LogP contribution >= 0.6 is 27.7 Å². The van der Waals surface area contributed by atoms with Crippen LogP contribution in [0.4, 0.5) is 4.79 Å². The third kappa shape index (κ3) is 6.21. The number of rotatable bonds is 7. The predicted octanol–water partition coefficient (Wildman–Crippen LogP) is 5.32. The summed E-state index contributed by atoms with van der Waals surface area (Å²) in [6.45, 7) is 5.39. The standard InChI is InChI=1S/C23H22BrNO5S/c1-14(2)30-21(26)12-25-22(27)20(31-23(25)28)11-17-10-18(24)8-9-19(17)29-13-16-6-4-15(3)5-7-16/h4-11,14H,12-13H2,1-3H3/b20-11+. The van der Waals surface area contributed by atoms with Crippen molar-refractivity contribution >= 4 is 50.9 Å². The van der Waals surface area contributed by atoms with Gasteiger partial charge in [0.15, 0.2) is 0 Å². The van der Waals surface area contributed by atoms with Crippen LogP contribution in [-0.4, -0.2) is 34.7 Å². The van der Waals surface area contributed by atoms with E-state index in [2.05, 4.69) is 15.9 Å². The normalized spacial score (nSPS) is 15.1. The van der Waals surface area contributed by atoms with E-state index >= 15 is 0 Å². The maximum Gasteiger partial charge on any atom is 0.326 e. The molecule has 0 aromatic heterocycles. The van der Waals surface area contributed by atoms with E-state index in [9.17, 15) is 14.4 Å². The number of hydrogen-bond acceptors (Lipinski definition) is 6. The summed E-state index contributed by atoms with van der Waals surface area (Å²) in [6, 6.07) is 13.5. The van der Waals surface area contributed by atoms with Crippen molar-refractivity contribution in [2.24, 2.45) is 0 Å². The van der Waals surface area contributed by atoms with Crippen molar-refractivity contribution in [3.8, 4) is 5.75 Å². The first kappa shape index (κ1) is 23.1. The number of carbonyl (C=O) groups is 3. The summed E-state index contributed by atoms with van der Waals surface area (Å²) in [4.78, 5) is 38.0. The second kappa shape index (κ2) is 10.2. The molecule has 3 rings (SSSR count). The van der Waals surface area contributed by atoms with Crippen LogP contribution in [-0.2, 0) is 20.9 Å². The predicted molar refractivity (Wildman–Crippen MR) is 124 cm³/mol. The van der Waals surface area contributed by atoms with E-state index in [0.717, 1.165) is 26.7 Å². The van der Waals surface area contributed by atoms with Crippen LogP contribution in [0.3, 0.4) is 0 Å². The average Bonchev–Trinajstić information content (AvgIpc) is 2.95. The van der Waals surface area contributed by atoms with Crippen LogP contribution in [0.15, 0.2) is 51.8 Å². The Morgan fingerprint density at radius 2 is 1.87 bits per heavy atom. The lowest BCUT2D eigenvalue weighted by Gasteiger charge is -2.13. The van der Waals surface area contributed by atoms with Crippen LogP contribution in [0.1, 0.15) is 30.5 Å². The smallest absolute Gasteiger partial charge is 0.326 e. The molecule has 0 bridgehead atoms. The zero-order valence-corrected chi connectivity index (χ0v) is 19.8. The largest absolute Gasteiger partial charge is 0.488 e. The minimum Gasteiger partial charge on any atom is -0.488 e. The van der Waals surface area contributed by atoms with Gasteiger partial charge in [0.25, 0.3) is 11.1 Å². The van der Waals surface area contributed by atoms with E-state index in [-0.39, 0.29) is 11.0 Å². The van der Waals surface area contributed by atoms with Gasteiger partial charge in [-0.25, -0.2) is 0 Å². The molecule has 0 radical (unpaired) electrons. The molecule has 162 valence electrons. The van der Waals surface area contributed by atoms with Crippen LogP contribution in [0, 0.1) is 6.92 Å². The molecule has 1 saturated heterocycles. The average molecular weight is 504 g/mol. The van der Waals surface area contributed by atoms with Crippen molar-refractivity contribution in [2.75, 3.05) is 6.54 Å². The van der Waals surface area contributed by atoms with Crippen molar-refractivity contribution in [1.82, 2.24) is 4.90 Å². The minimum atomic E-state index is -0.622. The fourth-order valence-corrected chi connectivity index (χ4v) is 4.02. The van der Waals surface area contributed by atoms with Gasteiger partial charge in [0.05, 0.1) is 11.0 Å². The number of imide groups is 1. The zero-order valence-electron chi connectivity index (χ0n) is 17.4. The second-order valence-electron chi connectivity index (χ2n) is 7.26. The van der Waals surface area contributed by atoms with Gasteiger partial charge in [-0.3, -0.25) is 19.3 Å². The molecule has 0 spiro atoms. The fourth-order valence-electron chi connectivity index (χ4n) is 2.82. The number of amides is 2. The molecule has 8 heteroatoms. The lowest BCUT2D eigenvalue weighted by atomic mass is 10.1. The maximum absolute atomic E-state index is 12.7. The lowest BCUT2D eigenvalue weighted by Crippen LogP contribution is -2.35. The van der Waals surface area contributed by atoms with Gasteiger partial charge >= 0.3 is 5.97 Å². The molecule has 6 nitrogen and oxygen atoms in total. The van der Waals surface area contributed by atoms with Gasteiger partial charge in [-0.2, -0.15) is 0 Å². The van der Waals surface area contributed by atoms with E-state index in [4.69, 9.17) is 9.47 Å². The number of thioether (sulfide) groups is 1. The quantitative estimate of drug-likeness (QED) is 0.375. The first-order valence-electron chi connectivity index (χ1n) is 9.65. The molecule has 2 aromatic rings. The van der Waals surface area contributed by atoms with Gasteiger partial charge < -0.3 is 9.47 Å². The van der Waals surface area contributed by atoms with Gasteiger partial charge in [-0.1, -0.05) is 45.8 Å². The molecule has 1 aliphatic rings. The van der Waals surface area contributed by atoms with Crippen molar-refractivity contribution in [2.45, 2.75) is 33.5 Å². The monoisotopic (exact) mass is 503 g/mol. The molecule has 1 fully saturated rings. The number of benzene rings is 2. The summed E-state index contributed by atoms with van der Waals surface area (Å²) in [7, 11) is 0. The Morgan fingerprint density at radius 1 is 1.16 bits per heavy atom. The summed E-state index contributed by atoms with van der Waals surface area (Å²) in [5, 5.41) is -0.505. The third-order valence-electron chi connectivity index (χ3n) is 4.30. The minimum absolute atomic E-state index is 0.223. The summed E-state index contributed by atoms with van der Waals surface area (Å²) < 4.78 is 11.8. The Balaban J connectivity index is 1.78.